The summed E-state index contributed by atoms with van der Waals surface area (Å²) < 4.78 is 39.8. The first-order valence-electron chi connectivity index (χ1n) is 6.83. The van der Waals surface area contributed by atoms with Gasteiger partial charge in [-0.15, -0.1) is 0 Å². The number of piperazine rings is 1. The normalized spacial score (nSPS) is 25.1. The molecule has 6 heteroatoms. The summed E-state index contributed by atoms with van der Waals surface area (Å²) in [6.45, 7) is 7.08. The van der Waals surface area contributed by atoms with Gasteiger partial charge >= 0.3 is 0 Å². The van der Waals surface area contributed by atoms with E-state index in [9.17, 15) is 12.8 Å². The van der Waals surface area contributed by atoms with Crippen molar-refractivity contribution in [3.63, 3.8) is 0 Å². The third-order valence-electron chi connectivity index (χ3n) is 3.77. The van der Waals surface area contributed by atoms with Gasteiger partial charge in [-0.3, -0.25) is 0 Å². The Morgan fingerprint density at radius 1 is 1.30 bits per heavy atom. The molecule has 2 atom stereocenters. The van der Waals surface area contributed by atoms with Crippen molar-refractivity contribution in [3.8, 4) is 0 Å². The summed E-state index contributed by atoms with van der Waals surface area (Å²) in [5.41, 5.74) is 0. The monoisotopic (exact) mass is 300 g/mol. The molecule has 1 aromatic carbocycles. The first-order valence-corrected chi connectivity index (χ1v) is 8.27. The molecule has 1 aliphatic rings. The van der Waals surface area contributed by atoms with Crippen molar-refractivity contribution in [3.05, 3.63) is 30.1 Å². The lowest BCUT2D eigenvalue weighted by molar-refractivity contribution is 0.206. The third kappa shape index (κ3) is 3.02. The van der Waals surface area contributed by atoms with E-state index >= 15 is 0 Å². The van der Waals surface area contributed by atoms with Crippen LogP contribution < -0.4 is 5.32 Å². The molecule has 0 bridgehead atoms. The molecule has 1 aliphatic heterocycles. The Bertz CT molecular complexity index is 557. The number of rotatable bonds is 3. The summed E-state index contributed by atoms with van der Waals surface area (Å²) in [6.07, 6.45) is 0. The van der Waals surface area contributed by atoms with Gasteiger partial charge < -0.3 is 5.32 Å². The molecule has 1 fully saturated rings. The second-order valence-corrected chi connectivity index (χ2v) is 7.53. The van der Waals surface area contributed by atoms with Gasteiger partial charge in [0.1, 0.15) is 5.82 Å². The number of sulfonamides is 1. The highest BCUT2D eigenvalue weighted by atomic mass is 32.2. The summed E-state index contributed by atoms with van der Waals surface area (Å²) in [7, 11) is -3.57. The molecule has 1 N–H and O–H groups in total. The van der Waals surface area contributed by atoms with E-state index in [2.05, 4.69) is 19.2 Å². The Balaban J connectivity index is 2.29. The second-order valence-electron chi connectivity index (χ2n) is 5.64. The molecule has 0 aromatic heterocycles. The largest absolute Gasteiger partial charge is 0.311 e. The Hall–Kier alpha value is -0.980. The van der Waals surface area contributed by atoms with E-state index in [4.69, 9.17) is 0 Å². The van der Waals surface area contributed by atoms with Crippen LogP contribution in [0.1, 0.15) is 20.8 Å². The fourth-order valence-corrected chi connectivity index (χ4v) is 4.04. The van der Waals surface area contributed by atoms with Crippen molar-refractivity contribution >= 4 is 10.0 Å². The van der Waals surface area contributed by atoms with E-state index < -0.39 is 15.8 Å². The highest BCUT2D eigenvalue weighted by Gasteiger charge is 2.35. The summed E-state index contributed by atoms with van der Waals surface area (Å²) in [6, 6.07) is 5.04. The van der Waals surface area contributed by atoms with Crippen LogP contribution in [-0.2, 0) is 10.0 Å². The van der Waals surface area contributed by atoms with Crippen LogP contribution in [0.2, 0.25) is 0 Å². The van der Waals surface area contributed by atoms with E-state index in [1.807, 2.05) is 6.92 Å². The van der Waals surface area contributed by atoms with Crippen molar-refractivity contribution < 1.29 is 12.8 Å². The van der Waals surface area contributed by atoms with Gasteiger partial charge in [0.15, 0.2) is 0 Å². The average molecular weight is 300 g/mol. The number of nitrogens with zero attached hydrogens (tertiary/aromatic N) is 1. The van der Waals surface area contributed by atoms with Gasteiger partial charge in [0.25, 0.3) is 0 Å². The van der Waals surface area contributed by atoms with Gasteiger partial charge in [-0.25, -0.2) is 12.8 Å². The molecule has 1 heterocycles. The maximum atomic E-state index is 12.9. The Morgan fingerprint density at radius 2 is 1.90 bits per heavy atom. The highest BCUT2D eigenvalue weighted by Crippen LogP contribution is 2.22. The minimum absolute atomic E-state index is 0.111. The zero-order valence-corrected chi connectivity index (χ0v) is 12.8. The summed E-state index contributed by atoms with van der Waals surface area (Å²) in [4.78, 5) is 0.148. The van der Waals surface area contributed by atoms with Crippen LogP contribution >= 0.6 is 0 Å². The zero-order chi connectivity index (χ0) is 14.9. The molecular formula is C14H21FN2O2S. The lowest BCUT2D eigenvalue weighted by atomic mass is 10.0. The topological polar surface area (TPSA) is 49.4 Å². The van der Waals surface area contributed by atoms with Gasteiger partial charge in [0, 0.05) is 25.2 Å². The van der Waals surface area contributed by atoms with Gasteiger partial charge in [-0.2, -0.15) is 4.31 Å². The number of benzene rings is 1. The van der Waals surface area contributed by atoms with Crippen LogP contribution in [-0.4, -0.2) is 37.9 Å². The molecule has 20 heavy (non-hydrogen) atoms. The maximum Gasteiger partial charge on any atom is 0.243 e. The predicted molar refractivity (Wildman–Crippen MR) is 76.4 cm³/mol. The fourth-order valence-electron chi connectivity index (χ4n) is 2.39. The molecule has 0 saturated carbocycles. The average Bonchev–Trinajstić information content (AvgIpc) is 2.39. The number of nitrogens with one attached hydrogen (secondary N) is 1. The highest BCUT2D eigenvalue weighted by molar-refractivity contribution is 7.89. The Kier molecular flexibility index (Phi) is 4.46. The van der Waals surface area contributed by atoms with Gasteiger partial charge in [-0.05, 0) is 37.1 Å². The van der Waals surface area contributed by atoms with Crippen LogP contribution in [0.5, 0.6) is 0 Å². The molecule has 2 unspecified atom stereocenters. The van der Waals surface area contributed by atoms with E-state index in [0.717, 1.165) is 0 Å². The quantitative estimate of drug-likeness (QED) is 0.926. The molecule has 0 radical (unpaired) electrons. The van der Waals surface area contributed by atoms with Crippen molar-refractivity contribution in [2.45, 2.75) is 37.8 Å². The smallest absolute Gasteiger partial charge is 0.243 e. The van der Waals surface area contributed by atoms with Crippen molar-refractivity contribution in [1.29, 1.82) is 0 Å². The zero-order valence-electron chi connectivity index (χ0n) is 12.0. The molecule has 4 nitrogen and oxygen atoms in total. The predicted octanol–water partition coefficient (Wildman–Crippen LogP) is 1.83. The summed E-state index contributed by atoms with van der Waals surface area (Å²) in [5, 5.41) is 3.36. The molecule has 1 aromatic rings. The standard InChI is InChI=1S/C14H21FN2O2S/c1-10(2)14-9-17(11(3)8-16-14)20(18,19)13-6-4-12(15)5-7-13/h4-7,10-11,14,16H,8-9H2,1-3H3. The minimum atomic E-state index is -3.57. The summed E-state index contributed by atoms with van der Waals surface area (Å²) >= 11 is 0. The number of hydrogen-bond acceptors (Lipinski definition) is 3. The fraction of sp³-hybridized carbons (Fsp3) is 0.571. The molecule has 1 saturated heterocycles. The minimum Gasteiger partial charge on any atom is -0.311 e. The molecule has 0 aliphatic carbocycles. The van der Waals surface area contributed by atoms with E-state index in [0.29, 0.717) is 19.0 Å². The molecule has 0 spiro atoms. The van der Waals surface area contributed by atoms with Gasteiger partial charge in [0.2, 0.25) is 10.0 Å². The maximum absolute atomic E-state index is 12.9. The SMILES string of the molecule is CC(C)C1CN(S(=O)(=O)c2ccc(F)cc2)C(C)CN1. The molecule has 0 amide bonds. The first-order chi connectivity index (χ1) is 9.32. The van der Waals surface area contributed by atoms with Crippen LogP contribution in [0.25, 0.3) is 0 Å². The van der Waals surface area contributed by atoms with Crippen LogP contribution in [0, 0.1) is 11.7 Å². The van der Waals surface area contributed by atoms with Crippen LogP contribution in [0.15, 0.2) is 29.2 Å². The van der Waals surface area contributed by atoms with E-state index in [1.165, 1.54) is 28.6 Å². The Labute approximate surface area is 120 Å². The number of halogens is 1. The van der Waals surface area contributed by atoms with Crippen molar-refractivity contribution in [1.82, 2.24) is 9.62 Å². The van der Waals surface area contributed by atoms with E-state index in [-0.39, 0.29) is 17.0 Å². The number of hydrogen-bond donors (Lipinski definition) is 1. The Morgan fingerprint density at radius 3 is 2.45 bits per heavy atom. The third-order valence-corrected chi connectivity index (χ3v) is 5.76. The molecule has 112 valence electrons. The molecule has 2 rings (SSSR count). The lowest BCUT2D eigenvalue weighted by Crippen LogP contribution is -2.58. The van der Waals surface area contributed by atoms with Crippen molar-refractivity contribution in [2.75, 3.05) is 13.1 Å². The lowest BCUT2D eigenvalue weighted by Gasteiger charge is -2.39. The molecular weight excluding hydrogens is 279 g/mol. The van der Waals surface area contributed by atoms with Gasteiger partial charge in [0.05, 0.1) is 4.90 Å². The first kappa shape index (κ1) is 15.4. The summed E-state index contributed by atoms with van der Waals surface area (Å²) in [5.74, 6) is -0.0780. The second kappa shape index (κ2) is 5.79. The van der Waals surface area contributed by atoms with Crippen LogP contribution in [0.4, 0.5) is 4.39 Å². The van der Waals surface area contributed by atoms with E-state index in [1.54, 1.807) is 0 Å². The van der Waals surface area contributed by atoms with Gasteiger partial charge in [-0.1, -0.05) is 13.8 Å². The van der Waals surface area contributed by atoms with Crippen molar-refractivity contribution in [2.24, 2.45) is 5.92 Å². The van der Waals surface area contributed by atoms with Crippen LogP contribution in [0.3, 0.4) is 0 Å².